The van der Waals surface area contributed by atoms with Crippen molar-refractivity contribution in [1.29, 1.82) is 0 Å². The van der Waals surface area contributed by atoms with Gasteiger partial charge in [-0.2, -0.15) is 0 Å². The van der Waals surface area contributed by atoms with Gasteiger partial charge in [0.05, 0.1) is 0 Å². The molecule has 0 saturated heterocycles. The van der Waals surface area contributed by atoms with Crippen LogP contribution in [0.2, 0.25) is 0 Å². The van der Waals surface area contributed by atoms with E-state index in [1.807, 2.05) is 25.1 Å². The SMILES string of the molecule is Cc1ccccc1CCc1cccc(C)c1O. The molecule has 2 rings (SSSR count). The maximum Gasteiger partial charge on any atom is 0.121 e. The molecular weight excluding hydrogens is 208 g/mol. The number of hydrogen-bond acceptors (Lipinski definition) is 1. The van der Waals surface area contributed by atoms with E-state index in [-0.39, 0.29) is 0 Å². The normalized spacial score (nSPS) is 10.5. The highest BCUT2D eigenvalue weighted by atomic mass is 16.3. The van der Waals surface area contributed by atoms with Crippen molar-refractivity contribution in [3.63, 3.8) is 0 Å². The molecule has 0 aliphatic heterocycles. The molecule has 0 radical (unpaired) electrons. The molecule has 0 aliphatic carbocycles. The van der Waals surface area contributed by atoms with E-state index < -0.39 is 0 Å². The van der Waals surface area contributed by atoms with Crippen molar-refractivity contribution in [2.24, 2.45) is 0 Å². The minimum Gasteiger partial charge on any atom is -0.507 e. The number of benzene rings is 2. The molecule has 0 unspecified atom stereocenters. The Morgan fingerprint density at radius 2 is 1.35 bits per heavy atom. The average Bonchev–Trinajstić information content (AvgIpc) is 2.33. The number of aryl methyl sites for hydroxylation is 4. The molecule has 0 fully saturated rings. The zero-order chi connectivity index (χ0) is 12.3. The topological polar surface area (TPSA) is 20.2 Å². The van der Waals surface area contributed by atoms with E-state index in [1.54, 1.807) is 0 Å². The van der Waals surface area contributed by atoms with Crippen LogP contribution in [0.3, 0.4) is 0 Å². The molecule has 17 heavy (non-hydrogen) atoms. The molecule has 0 aliphatic rings. The lowest BCUT2D eigenvalue weighted by Gasteiger charge is -2.08. The van der Waals surface area contributed by atoms with Gasteiger partial charge < -0.3 is 5.11 Å². The maximum atomic E-state index is 9.94. The second-order valence-electron chi connectivity index (χ2n) is 4.51. The summed E-state index contributed by atoms with van der Waals surface area (Å²) in [6.07, 6.45) is 1.86. The highest BCUT2D eigenvalue weighted by molar-refractivity contribution is 5.40. The Morgan fingerprint density at radius 1 is 0.765 bits per heavy atom. The number of hydrogen-bond donors (Lipinski definition) is 1. The van der Waals surface area contributed by atoms with Crippen molar-refractivity contribution < 1.29 is 5.11 Å². The first-order chi connectivity index (χ1) is 8.18. The van der Waals surface area contributed by atoms with Gasteiger partial charge in [0.15, 0.2) is 0 Å². The van der Waals surface area contributed by atoms with E-state index in [0.717, 1.165) is 24.0 Å². The average molecular weight is 226 g/mol. The van der Waals surface area contributed by atoms with E-state index in [4.69, 9.17) is 0 Å². The Kier molecular flexibility index (Phi) is 3.48. The monoisotopic (exact) mass is 226 g/mol. The third kappa shape index (κ3) is 2.68. The van der Waals surface area contributed by atoms with Crippen molar-refractivity contribution in [2.45, 2.75) is 26.7 Å². The highest BCUT2D eigenvalue weighted by Crippen LogP contribution is 2.23. The van der Waals surface area contributed by atoms with E-state index in [1.165, 1.54) is 11.1 Å². The summed E-state index contributed by atoms with van der Waals surface area (Å²) in [5.74, 6) is 0.445. The number of aromatic hydroxyl groups is 1. The van der Waals surface area contributed by atoms with Crippen LogP contribution in [0.15, 0.2) is 42.5 Å². The number of rotatable bonds is 3. The van der Waals surface area contributed by atoms with Gasteiger partial charge in [-0.1, -0.05) is 42.5 Å². The van der Waals surface area contributed by atoms with Gasteiger partial charge in [-0.05, 0) is 48.9 Å². The summed E-state index contributed by atoms with van der Waals surface area (Å²) in [7, 11) is 0. The smallest absolute Gasteiger partial charge is 0.121 e. The van der Waals surface area contributed by atoms with Crippen LogP contribution >= 0.6 is 0 Å². The van der Waals surface area contributed by atoms with Gasteiger partial charge in [-0.15, -0.1) is 0 Å². The maximum absolute atomic E-state index is 9.94. The summed E-state index contributed by atoms with van der Waals surface area (Å²) >= 11 is 0. The first-order valence-electron chi connectivity index (χ1n) is 6.00. The molecule has 0 amide bonds. The van der Waals surface area contributed by atoms with Crippen molar-refractivity contribution in [1.82, 2.24) is 0 Å². The first kappa shape index (κ1) is 11.7. The number of para-hydroxylation sites is 1. The summed E-state index contributed by atoms with van der Waals surface area (Å²) in [6.45, 7) is 4.07. The van der Waals surface area contributed by atoms with Crippen molar-refractivity contribution in [3.8, 4) is 5.75 Å². The summed E-state index contributed by atoms with van der Waals surface area (Å²) in [5, 5.41) is 9.94. The lowest BCUT2D eigenvalue weighted by atomic mass is 9.99. The molecule has 1 heteroatoms. The Labute approximate surface area is 103 Å². The molecular formula is C16H18O. The van der Waals surface area contributed by atoms with Crippen LogP contribution in [-0.4, -0.2) is 5.11 Å². The zero-order valence-corrected chi connectivity index (χ0v) is 10.4. The molecule has 2 aromatic rings. The second kappa shape index (κ2) is 5.05. The van der Waals surface area contributed by atoms with E-state index in [9.17, 15) is 5.11 Å². The molecule has 0 atom stereocenters. The van der Waals surface area contributed by atoms with Crippen LogP contribution in [0, 0.1) is 13.8 Å². The molecule has 1 N–H and O–H groups in total. The fourth-order valence-electron chi connectivity index (χ4n) is 2.08. The fraction of sp³-hybridized carbons (Fsp3) is 0.250. The van der Waals surface area contributed by atoms with Crippen molar-refractivity contribution >= 4 is 0 Å². The van der Waals surface area contributed by atoms with E-state index in [2.05, 4.69) is 31.2 Å². The van der Waals surface area contributed by atoms with Crippen LogP contribution in [0.25, 0.3) is 0 Å². The van der Waals surface area contributed by atoms with Crippen LogP contribution < -0.4 is 0 Å². The van der Waals surface area contributed by atoms with E-state index in [0.29, 0.717) is 5.75 Å². The van der Waals surface area contributed by atoms with Crippen LogP contribution in [-0.2, 0) is 12.8 Å². The molecule has 88 valence electrons. The Balaban J connectivity index is 2.13. The predicted molar refractivity (Wildman–Crippen MR) is 71.4 cm³/mol. The lowest BCUT2D eigenvalue weighted by Crippen LogP contribution is -1.95. The van der Waals surface area contributed by atoms with Gasteiger partial charge in [0.2, 0.25) is 0 Å². The Morgan fingerprint density at radius 3 is 2.12 bits per heavy atom. The van der Waals surface area contributed by atoms with Gasteiger partial charge in [-0.25, -0.2) is 0 Å². The van der Waals surface area contributed by atoms with Crippen molar-refractivity contribution in [2.75, 3.05) is 0 Å². The van der Waals surface area contributed by atoms with Crippen LogP contribution in [0.4, 0.5) is 0 Å². The van der Waals surface area contributed by atoms with Gasteiger partial charge in [0.1, 0.15) is 5.75 Å². The third-order valence-electron chi connectivity index (χ3n) is 3.25. The molecule has 0 spiro atoms. The van der Waals surface area contributed by atoms with Gasteiger partial charge in [-0.3, -0.25) is 0 Å². The van der Waals surface area contributed by atoms with Crippen LogP contribution in [0.1, 0.15) is 22.3 Å². The van der Waals surface area contributed by atoms with Crippen LogP contribution in [0.5, 0.6) is 5.75 Å². The lowest BCUT2D eigenvalue weighted by molar-refractivity contribution is 0.463. The highest BCUT2D eigenvalue weighted by Gasteiger charge is 2.04. The van der Waals surface area contributed by atoms with E-state index >= 15 is 0 Å². The van der Waals surface area contributed by atoms with Gasteiger partial charge in [0.25, 0.3) is 0 Å². The molecule has 0 heterocycles. The number of phenolic OH excluding ortho intramolecular Hbond substituents is 1. The minimum atomic E-state index is 0.445. The molecule has 0 aromatic heterocycles. The fourth-order valence-corrected chi connectivity index (χ4v) is 2.08. The summed E-state index contributed by atoms with van der Waals surface area (Å²) in [6, 6.07) is 14.4. The predicted octanol–water partition coefficient (Wildman–Crippen LogP) is 3.79. The first-order valence-corrected chi connectivity index (χ1v) is 6.00. The number of phenols is 1. The summed E-state index contributed by atoms with van der Waals surface area (Å²) in [5.41, 5.74) is 4.66. The summed E-state index contributed by atoms with van der Waals surface area (Å²) < 4.78 is 0. The summed E-state index contributed by atoms with van der Waals surface area (Å²) in [4.78, 5) is 0. The largest absolute Gasteiger partial charge is 0.507 e. The standard InChI is InChI=1S/C16H18O/c1-12-6-3-4-8-14(12)10-11-15-9-5-7-13(2)16(15)17/h3-9,17H,10-11H2,1-2H3. The van der Waals surface area contributed by atoms with Gasteiger partial charge >= 0.3 is 0 Å². The second-order valence-corrected chi connectivity index (χ2v) is 4.51. The zero-order valence-electron chi connectivity index (χ0n) is 10.4. The quantitative estimate of drug-likeness (QED) is 0.844. The third-order valence-corrected chi connectivity index (χ3v) is 3.25. The Hall–Kier alpha value is -1.76. The molecule has 0 saturated carbocycles. The van der Waals surface area contributed by atoms with Crippen molar-refractivity contribution in [3.05, 3.63) is 64.7 Å². The molecule has 1 nitrogen and oxygen atoms in total. The Bertz CT molecular complexity index is 515. The molecule has 0 bridgehead atoms. The molecule has 2 aromatic carbocycles. The minimum absolute atomic E-state index is 0.445. The van der Waals surface area contributed by atoms with Gasteiger partial charge in [0, 0.05) is 0 Å².